The highest BCUT2D eigenvalue weighted by Crippen LogP contribution is 2.22. The first-order chi connectivity index (χ1) is 7.19. The first-order valence-electron chi connectivity index (χ1n) is 5.54. The van der Waals surface area contributed by atoms with Crippen molar-refractivity contribution < 1.29 is 9.59 Å². The van der Waals surface area contributed by atoms with Crippen LogP contribution in [0.15, 0.2) is 0 Å². The molecule has 1 fully saturated rings. The van der Waals surface area contributed by atoms with Gasteiger partial charge in [-0.2, -0.15) is 0 Å². The van der Waals surface area contributed by atoms with Crippen molar-refractivity contribution in [2.24, 2.45) is 11.1 Å². The Morgan fingerprint density at radius 3 is 2.31 bits per heavy atom. The molecule has 0 aromatic carbocycles. The number of nitrogens with one attached hydrogen (secondary N) is 1. The molecule has 0 unspecified atom stereocenters. The molecule has 1 aliphatic heterocycles. The first kappa shape index (κ1) is 13.0. The summed E-state index contributed by atoms with van der Waals surface area (Å²) in [6.45, 7) is 8.44. The standard InChI is InChI=1S/C11H21N3O2/c1-10(2,7-12)5-6-14-8(15)11(3,4)13-9(14)16/h5-7,12H2,1-4H3,(H,13,16). The summed E-state index contributed by atoms with van der Waals surface area (Å²) in [5.74, 6) is -0.162. The highest BCUT2D eigenvalue weighted by molar-refractivity contribution is 6.06. The fraction of sp³-hybridized carbons (Fsp3) is 0.818. The summed E-state index contributed by atoms with van der Waals surface area (Å²) in [7, 11) is 0. The normalized spacial score (nSPS) is 20.2. The molecule has 0 radical (unpaired) electrons. The molecule has 3 amide bonds. The van der Waals surface area contributed by atoms with Crippen molar-refractivity contribution in [1.29, 1.82) is 0 Å². The Labute approximate surface area is 96.4 Å². The van der Waals surface area contributed by atoms with Gasteiger partial charge in [-0.05, 0) is 32.2 Å². The van der Waals surface area contributed by atoms with Gasteiger partial charge in [0.05, 0.1) is 0 Å². The highest BCUT2D eigenvalue weighted by Gasteiger charge is 2.44. The van der Waals surface area contributed by atoms with E-state index in [-0.39, 0.29) is 17.4 Å². The summed E-state index contributed by atoms with van der Waals surface area (Å²) >= 11 is 0. The van der Waals surface area contributed by atoms with Gasteiger partial charge in [0, 0.05) is 6.54 Å². The number of amides is 3. The zero-order valence-corrected chi connectivity index (χ0v) is 10.5. The number of carbonyl (C=O) groups is 2. The number of nitrogens with zero attached hydrogens (tertiary/aromatic N) is 1. The van der Waals surface area contributed by atoms with Crippen molar-refractivity contribution in [3.63, 3.8) is 0 Å². The third kappa shape index (κ3) is 2.52. The average molecular weight is 227 g/mol. The Morgan fingerprint density at radius 1 is 1.38 bits per heavy atom. The third-order valence-electron chi connectivity index (χ3n) is 3.01. The van der Waals surface area contributed by atoms with Crippen molar-refractivity contribution in [1.82, 2.24) is 10.2 Å². The van der Waals surface area contributed by atoms with E-state index in [1.165, 1.54) is 4.90 Å². The lowest BCUT2D eigenvalue weighted by atomic mass is 9.89. The molecule has 92 valence electrons. The zero-order chi connectivity index (χ0) is 12.6. The van der Waals surface area contributed by atoms with Crippen LogP contribution in [0.2, 0.25) is 0 Å². The molecule has 0 spiro atoms. The number of hydrogen-bond acceptors (Lipinski definition) is 3. The van der Waals surface area contributed by atoms with E-state index in [1.807, 2.05) is 13.8 Å². The minimum Gasteiger partial charge on any atom is -0.330 e. The lowest BCUT2D eigenvalue weighted by molar-refractivity contribution is -0.130. The summed E-state index contributed by atoms with van der Waals surface area (Å²) in [6.07, 6.45) is 0.721. The van der Waals surface area contributed by atoms with Gasteiger partial charge < -0.3 is 11.1 Å². The summed E-state index contributed by atoms with van der Waals surface area (Å²) in [5, 5.41) is 2.65. The molecule has 16 heavy (non-hydrogen) atoms. The molecular formula is C11H21N3O2. The van der Waals surface area contributed by atoms with E-state index in [9.17, 15) is 9.59 Å². The molecule has 0 bridgehead atoms. The van der Waals surface area contributed by atoms with E-state index in [4.69, 9.17) is 5.73 Å². The number of hydrogen-bond donors (Lipinski definition) is 2. The van der Waals surface area contributed by atoms with Gasteiger partial charge in [0.15, 0.2) is 0 Å². The molecule has 0 saturated carbocycles. The van der Waals surface area contributed by atoms with Crippen molar-refractivity contribution in [3.8, 4) is 0 Å². The van der Waals surface area contributed by atoms with Crippen LogP contribution in [0.3, 0.4) is 0 Å². The molecule has 5 nitrogen and oxygen atoms in total. The van der Waals surface area contributed by atoms with Gasteiger partial charge in [0.2, 0.25) is 0 Å². The van der Waals surface area contributed by atoms with E-state index in [1.54, 1.807) is 13.8 Å². The number of urea groups is 1. The average Bonchev–Trinajstić information content (AvgIpc) is 2.35. The Morgan fingerprint density at radius 2 is 1.94 bits per heavy atom. The van der Waals surface area contributed by atoms with Crippen LogP contribution in [-0.4, -0.2) is 35.5 Å². The second-order valence-corrected chi connectivity index (χ2v) is 5.63. The lowest BCUT2D eigenvalue weighted by Crippen LogP contribution is -2.40. The minimum absolute atomic E-state index is 0.0483. The second kappa shape index (κ2) is 4.05. The number of rotatable bonds is 4. The largest absolute Gasteiger partial charge is 0.330 e. The van der Waals surface area contributed by atoms with Gasteiger partial charge in [-0.1, -0.05) is 13.8 Å². The van der Waals surface area contributed by atoms with Gasteiger partial charge in [0.25, 0.3) is 5.91 Å². The SMILES string of the molecule is CC(C)(CN)CCN1C(=O)NC(C)(C)C1=O. The van der Waals surface area contributed by atoms with Crippen LogP contribution in [-0.2, 0) is 4.79 Å². The van der Waals surface area contributed by atoms with Gasteiger partial charge in [0.1, 0.15) is 5.54 Å². The topological polar surface area (TPSA) is 75.4 Å². The van der Waals surface area contributed by atoms with Crippen molar-refractivity contribution in [2.45, 2.75) is 39.7 Å². The quantitative estimate of drug-likeness (QED) is 0.694. The first-order valence-corrected chi connectivity index (χ1v) is 5.54. The van der Waals surface area contributed by atoms with Crippen molar-refractivity contribution in [3.05, 3.63) is 0 Å². The highest BCUT2D eigenvalue weighted by atomic mass is 16.2. The predicted octanol–water partition coefficient (Wildman–Crippen LogP) is 0.692. The Hall–Kier alpha value is -1.10. The lowest BCUT2D eigenvalue weighted by Gasteiger charge is -2.24. The van der Waals surface area contributed by atoms with Crippen LogP contribution >= 0.6 is 0 Å². The molecule has 3 N–H and O–H groups in total. The molecule has 1 aliphatic rings. The summed E-state index contributed by atoms with van der Waals surface area (Å²) in [6, 6.07) is -0.303. The maximum Gasteiger partial charge on any atom is 0.325 e. The Bertz CT molecular complexity index is 310. The Balaban J connectivity index is 2.63. The van der Waals surface area contributed by atoms with Crippen molar-refractivity contribution >= 4 is 11.9 Å². The van der Waals surface area contributed by atoms with Gasteiger partial charge in [-0.3, -0.25) is 9.69 Å². The maximum absolute atomic E-state index is 11.9. The fourth-order valence-electron chi connectivity index (χ4n) is 1.54. The smallest absolute Gasteiger partial charge is 0.325 e. The van der Waals surface area contributed by atoms with E-state index in [2.05, 4.69) is 5.32 Å². The van der Waals surface area contributed by atoms with Gasteiger partial charge in [-0.25, -0.2) is 4.79 Å². The summed E-state index contributed by atoms with van der Waals surface area (Å²) < 4.78 is 0. The van der Waals surface area contributed by atoms with E-state index in [0.717, 1.165) is 6.42 Å². The number of nitrogens with two attached hydrogens (primary N) is 1. The predicted molar refractivity (Wildman–Crippen MR) is 61.8 cm³/mol. The van der Waals surface area contributed by atoms with Crippen molar-refractivity contribution in [2.75, 3.05) is 13.1 Å². The molecule has 1 rings (SSSR count). The monoisotopic (exact) mass is 227 g/mol. The van der Waals surface area contributed by atoms with Crippen LogP contribution in [0.4, 0.5) is 4.79 Å². The number of carbonyl (C=O) groups excluding carboxylic acids is 2. The zero-order valence-electron chi connectivity index (χ0n) is 10.5. The van der Waals surface area contributed by atoms with Crippen LogP contribution in [0.5, 0.6) is 0 Å². The summed E-state index contributed by atoms with van der Waals surface area (Å²) in [5.41, 5.74) is 4.79. The van der Waals surface area contributed by atoms with E-state index < -0.39 is 5.54 Å². The van der Waals surface area contributed by atoms with Crippen LogP contribution < -0.4 is 11.1 Å². The molecule has 1 heterocycles. The van der Waals surface area contributed by atoms with E-state index in [0.29, 0.717) is 13.1 Å². The van der Waals surface area contributed by atoms with Gasteiger partial charge in [-0.15, -0.1) is 0 Å². The molecule has 0 aromatic rings. The summed E-state index contributed by atoms with van der Waals surface area (Å²) in [4.78, 5) is 24.7. The third-order valence-corrected chi connectivity index (χ3v) is 3.01. The molecule has 0 aliphatic carbocycles. The fourth-order valence-corrected chi connectivity index (χ4v) is 1.54. The molecule has 0 aromatic heterocycles. The van der Waals surface area contributed by atoms with Crippen LogP contribution in [0.25, 0.3) is 0 Å². The van der Waals surface area contributed by atoms with Gasteiger partial charge >= 0.3 is 6.03 Å². The van der Waals surface area contributed by atoms with E-state index >= 15 is 0 Å². The Kier molecular flexibility index (Phi) is 3.28. The molecule has 1 saturated heterocycles. The molecule has 0 atom stereocenters. The maximum atomic E-state index is 11.9. The number of imide groups is 1. The molecular weight excluding hydrogens is 206 g/mol. The van der Waals surface area contributed by atoms with Crippen LogP contribution in [0, 0.1) is 5.41 Å². The minimum atomic E-state index is -0.774. The second-order valence-electron chi connectivity index (χ2n) is 5.63. The molecule has 5 heteroatoms. The van der Waals surface area contributed by atoms with Crippen LogP contribution in [0.1, 0.15) is 34.1 Å².